The Balaban J connectivity index is 2.39. The van der Waals surface area contributed by atoms with Crippen LogP contribution in [0.15, 0.2) is 0 Å². The molecule has 1 fully saturated rings. The molecule has 1 aliphatic heterocycles. The molecule has 1 N–H and O–H groups in total. The maximum Gasteiger partial charge on any atom is 0.410 e. The monoisotopic (exact) mass is 256 g/mol. The molecule has 0 radical (unpaired) electrons. The predicted molar refractivity (Wildman–Crippen MR) is 69.5 cm³/mol. The van der Waals surface area contributed by atoms with Crippen molar-refractivity contribution >= 4 is 11.9 Å². The molecule has 1 heterocycles. The molecule has 18 heavy (non-hydrogen) atoms. The van der Waals surface area contributed by atoms with E-state index in [1.807, 2.05) is 20.8 Å². The van der Waals surface area contributed by atoms with Gasteiger partial charge in [0, 0.05) is 19.0 Å². The van der Waals surface area contributed by atoms with E-state index in [2.05, 4.69) is 5.32 Å². The maximum absolute atomic E-state index is 11.8. The third kappa shape index (κ3) is 4.64. The van der Waals surface area contributed by atoms with Crippen LogP contribution < -0.4 is 5.32 Å². The van der Waals surface area contributed by atoms with Gasteiger partial charge >= 0.3 is 6.09 Å². The van der Waals surface area contributed by atoms with Crippen molar-refractivity contribution in [3.8, 4) is 0 Å². The zero-order valence-electron chi connectivity index (χ0n) is 11.8. The Kier molecular flexibility index (Phi) is 5.14. The van der Waals surface area contributed by atoms with Crippen molar-refractivity contribution in [2.75, 3.05) is 26.7 Å². The largest absolute Gasteiger partial charge is 0.444 e. The third-order valence-corrected chi connectivity index (χ3v) is 2.95. The Labute approximate surface area is 109 Å². The number of ketones is 1. The van der Waals surface area contributed by atoms with Crippen LogP contribution >= 0.6 is 0 Å². The number of likely N-dealkylation sites (tertiary alicyclic amines) is 1. The number of carbonyl (C=O) groups is 2. The Morgan fingerprint density at radius 1 is 1.28 bits per heavy atom. The van der Waals surface area contributed by atoms with E-state index in [4.69, 9.17) is 4.74 Å². The molecule has 0 saturated carbocycles. The van der Waals surface area contributed by atoms with Crippen LogP contribution in [-0.2, 0) is 9.53 Å². The first-order chi connectivity index (χ1) is 8.33. The quantitative estimate of drug-likeness (QED) is 0.829. The molecule has 0 atom stereocenters. The van der Waals surface area contributed by atoms with Crippen LogP contribution in [0.3, 0.4) is 0 Å². The fourth-order valence-corrected chi connectivity index (χ4v) is 2.03. The van der Waals surface area contributed by atoms with E-state index in [-0.39, 0.29) is 17.8 Å². The summed E-state index contributed by atoms with van der Waals surface area (Å²) in [6.45, 7) is 7.19. The van der Waals surface area contributed by atoms with Crippen LogP contribution in [0, 0.1) is 5.92 Å². The van der Waals surface area contributed by atoms with E-state index < -0.39 is 5.60 Å². The number of rotatable bonds is 3. The molecule has 5 heteroatoms. The maximum atomic E-state index is 11.8. The molecule has 0 aromatic heterocycles. The molecule has 1 amide bonds. The van der Waals surface area contributed by atoms with E-state index in [9.17, 15) is 9.59 Å². The molecule has 0 bridgehead atoms. The van der Waals surface area contributed by atoms with Crippen molar-refractivity contribution in [2.24, 2.45) is 5.92 Å². The fraction of sp³-hybridized carbons (Fsp3) is 0.846. The molecular formula is C13H24N2O3. The van der Waals surface area contributed by atoms with Crippen LogP contribution in [0.25, 0.3) is 0 Å². The molecular weight excluding hydrogens is 232 g/mol. The minimum atomic E-state index is -0.462. The number of likely N-dealkylation sites (N-methyl/N-ethyl adjacent to an activating group) is 1. The molecule has 0 aliphatic carbocycles. The van der Waals surface area contributed by atoms with Gasteiger partial charge in [0.25, 0.3) is 0 Å². The minimum absolute atomic E-state index is 0.0798. The van der Waals surface area contributed by atoms with Crippen molar-refractivity contribution in [1.82, 2.24) is 10.2 Å². The second kappa shape index (κ2) is 6.18. The van der Waals surface area contributed by atoms with Crippen LogP contribution in [0.4, 0.5) is 4.79 Å². The number of ether oxygens (including phenoxy) is 1. The lowest BCUT2D eigenvalue weighted by atomic mass is 9.92. The summed E-state index contributed by atoms with van der Waals surface area (Å²) >= 11 is 0. The highest BCUT2D eigenvalue weighted by Crippen LogP contribution is 2.20. The van der Waals surface area contributed by atoms with Crippen LogP contribution in [0.1, 0.15) is 33.6 Å². The third-order valence-electron chi connectivity index (χ3n) is 2.95. The Morgan fingerprint density at radius 2 is 1.83 bits per heavy atom. The molecule has 0 spiro atoms. The summed E-state index contributed by atoms with van der Waals surface area (Å²) in [4.78, 5) is 25.2. The van der Waals surface area contributed by atoms with E-state index in [0.717, 1.165) is 12.8 Å². The van der Waals surface area contributed by atoms with Crippen molar-refractivity contribution in [1.29, 1.82) is 0 Å². The van der Waals surface area contributed by atoms with Crippen molar-refractivity contribution in [2.45, 2.75) is 39.2 Å². The number of nitrogens with zero attached hydrogens (tertiary/aromatic N) is 1. The number of amides is 1. The van der Waals surface area contributed by atoms with Gasteiger partial charge in [-0.3, -0.25) is 4.79 Å². The van der Waals surface area contributed by atoms with Gasteiger partial charge < -0.3 is 15.0 Å². The molecule has 1 aliphatic rings. The normalized spacial score (nSPS) is 17.7. The Morgan fingerprint density at radius 3 is 2.28 bits per heavy atom. The Hall–Kier alpha value is -1.10. The highest BCUT2D eigenvalue weighted by atomic mass is 16.6. The number of piperidine rings is 1. The van der Waals surface area contributed by atoms with Crippen LogP contribution in [0.5, 0.6) is 0 Å². The van der Waals surface area contributed by atoms with E-state index in [1.54, 1.807) is 11.9 Å². The summed E-state index contributed by atoms with van der Waals surface area (Å²) in [5, 5.41) is 2.88. The minimum Gasteiger partial charge on any atom is -0.444 e. The van der Waals surface area contributed by atoms with Crippen molar-refractivity contribution in [3.05, 3.63) is 0 Å². The molecule has 104 valence electrons. The summed E-state index contributed by atoms with van der Waals surface area (Å²) in [6, 6.07) is 0. The Bertz CT molecular complexity index is 302. The number of nitrogens with one attached hydrogen (secondary N) is 1. The van der Waals surface area contributed by atoms with Gasteiger partial charge in [0.1, 0.15) is 11.4 Å². The second-order valence-electron chi connectivity index (χ2n) is 5.74. The molecule has 1 saturated heterocycles. The van der Waals surface area contributed by atoms with E-state index >= 15 is 0 Å². The summed E-state index contributed by atoms with van der Waals surface area (Å²) in [5.74, 6) is 0.317. The number of hydrogen-bond acceptors (Lipinski definition) is 4. The number of Topliss-reactive ketones (excluding diaryl/α,β-unsaturated/α-hetero) is 1. The van der Waals surface area contributed by atoms with Gasteiger partial charge in [-0.25, -0.2) is 4.79 Å². The van der Waals surface area contributed by atoms with Crippen LogP contribution in [-0.4, -0.2) is 49.1 Å². The molecule has 0 aromatic carbocycles. The van der Waals surface area contributed by atoms with Gasteiger partial charge in [0.2, 0.25) is 0 Å². The van der Waals surface area contributed by atoms with Gasteiger partial charge in [0.05, 0.1) is 6.54 Å². The SMILES string of the molecule is CNCC(=O)C1CCN(C(=O)OC(C)(C)C)CC1. The van der Waals surface area contributed by atoms with Gasteiger partial charge in [-0.15, -0.1) is 0 Å². The lowest BCUT2D eigenvalue weighted by molar-refractivity contribution is -0.123. The zero-order chi connectivity index (χ0) is 13.8. The average Bonchev–Trinajstić information content (AvgIpc) is 2.27. The summed E-state index contributed by atoms with van der Waals surface area (Å²) in [6.07, 6.45) is 1.20. The van der Waals surface area contributed by atoms with Gasteiger partial charge in [0.15, 0.2) is 0 Å². The highest BCUT2D eigenvalue weighted by molar-refractivity contribution is 5.83. The number of carbonyl (C=O) groups excluding carboxylic acids is 2. The smallest absolute Gasteiger partial charge is 0.410 e. The first-order valence-corrected chi connectivity index (χ1v) is 6.48. The first kappa shape index (κ1) is 15.0. The highest BCUT2D eigenvalue weighted by Gasteiger charge is 2.29. The van der Waals surface area contributed by atoms with Crippen molar-refractivity contribution in [3.63, 3.8) is 0 Å². The van der Waals surface area contributed by atoms with Gasteiger partial charge in [-0.05, 0) is 40.7 Å². The lowest BCUT2D eigenvalue weighted by Gasteiger charge is -2.32. The molecule has 0 unspecified atom stereocenters. The molecule has 5 nitrogen and oxygen atoms in total. The fourth-order valence-electron chi connectivity index (χ4n) is 2.03. The van der Waals surface area contributed by atoms with Crippen LogP contribution in [0.2, 0.25) is 0 Å². The lowest BCUT2D eigenvalue weighted by Crippen LogP contribution is -2.43. The van der Waals surface area contributed by atoms with Crippen molar-refractivity contribution < 1.29 is 14.3 Å². The first-order valence-electron chi connectivity index (χ1n) is 6.48. The summed E-state index contributed by atoms with van der Waals surface area (Å²) in [7, 11) is 1.77. The summed E-state index contributed by atoms with van der Waals surface area (Å²) in [5.41, 5.74) is -0.462. The van der Waals surface area contributed by atoms with E-state index in [1.165, 1.54) is 0 Å². The predicted octanol–water partition coefficient (Wildman–Crippen LogP) is 1.42. The topological polar surface area (TPSA) is 58.6 Å². The standard InChI is InChI=1S/C13H24N2O3/c1-13(2,3)18-12(17)15-7-5-10(6-8-15)11(16)9-14-4/h10,14H,5-9H2,1-4H3. The van der Waals surface area contributed by atoms with Gasteiger partial charge in [-0.1, -0.05) is 0 Å². The zero-order valence-corrected chi connectivity index (χ0v) is 11.8. The number of hydrogen-bond donors (Lipinski definition) is 1. The van der Waals surface area contributed by atoms with E-state index in [0.29, 0.717) is 19.6 Å². The van der Waals surface area contributed by atoms with Gasteiger partial charge in [-0.2, -0.15) is 0 Å². The second-order valence-corrected chi connectivity index (χ2v) is 5.74. The molecule has 1 rings (SSSR count). The molecule has 0 aromatic rings. The summed E-state index contributed by atoms with van der Waals surface area (Å²) < 4.78 is 5.31. The average molecular weight is 256 g/mol.